The van der Waals surface area contributed by atoms with E-state index in [9.17, 15) is 8.42 Å². The van der Waals surface area contributed by atoms with Crippen LogP contribution in [0.15, 0.2) is 6.20 Å². The van der Waals surface area contributed by atoms with Gasteiger partial charge >= 0.3 is 0 Å². The molecule has 0 saturated carbocycles. The molecular weight excluding hydrogens is 390 g/mol. The molecule has 0 radical (unpaired) electrons. The second kappa shape index (κ2) is 9.87. The molecule has 9 heteroatoms. The number of sulfonamides is 1. The molecule has 3 heterocycles. The number of likely N-dealkylation sites (N-methyl/N-ethyl adjacent to an activating group) is 1. The highest BCUT2D eigenvalue weighted by atomic mass is 32.2. The van der Waals surface area contributed by atoms with E-state index in [0.717, 1.165) is 64.2 Å². The molecule has 2 aliphatic rings. The standard InChI is InChI=1S/C20H37N5O3S/c1-17-18(15-23(3)21-17)14-22(2)10-11-25(19-7-12-28-13-8-19)20-6-5-9-24(16-20)29(4,26)27/h15,19-20H,5-14,16H2,1-4H3. The summed E-state index contributed by atoms with van der Waals surface area (Å²) < 4.78 is 33.3. The van der Waals surface area contributed by atoms with Crippen molar-refractivity contribution in [3.8, 4) is 0 Å². The number of rotatable bonds is 8. The molecular formula is C20H37N5O3S. The van der Waals surface area contributed by atoms with E-state index in [1.54, 1.807) is 4.31 Å². The van der Waals surface area contributed by atoms with Crippen LogP contribution in [0.1, 0.15) is 36.9 Å². The fourth-order valence-corrected chi connectivity index (χ4v) is 5.54. The Labute approximate surface area is 175 Å². The first-order valence-electron chi connectivity index (χ1n) is 10.7. The molecule has 0 aliphatic carbocycles. The summed E-state index contributed by atoms with van der Waals surface area (Å²) in [6, 6.07) is 0.761. The van der Waals surface area contributed by atoms with E-state index >= 15 is 0 Å². The number of hydrogen-bond donors (Lipinski definition) is 0. The van der Waals surface area contributed by atoms with Crippen LogP contribution in [0.4, 0.5) is 0 Å². The molecule has 0 aromatic carbocycles. The zero-order valence-corrected chi connectivity index (χ0v) is 19.2. The van der Waals surface area contributed by atoms with E-state index in [4.69, 9.17) is 4.74 Å². The van der Waals surface area contributed by atoms with Gasteiger partial charge in [-0.15, -0.1) is 0 Å². The van der Waals surface area contributed by atoms with E-state index < -0.39 is 10.0 Å². The molecule has 1 atom stereocenters. The molecule has 1 aromatic heterocycles. The number of nitrogens with zero attached hydrogens (tertiary/aromatic N) is 5. The van der Waals surface area contributed by atoms with Gasteiger partial charge in [0.1, 0.15) is 0 Å². The van der Waals surface area contributed by atoms with Gasteiger partial charge in [0.15, 0.2) is 0 Å². The minimum Gasteiger partial charge on any atom is -0.381 e. The van der Waals surface area contributed by atoms with Crippen molar-refractivity contribution in [3.63, 3.8) is 0 Å². The lowest BCUT2D eigenvalue weighted by Gasteiger charge is -2.44. The summed E-state index contributed by atoms with van der Waals surface area (Å²) in [4.78, 5) is 4.92. The monoisotopic (exact) mass is 427 g/mol. The summed E-state index contributed by atoms with van der Waals surface area (Å²) in [5.74, 6) is 0. The lowest BCUT2D eigenvalue weighted by atomic mass is 9.99. The average Bonchev–Trinajstić information content (AvgIpc) is 2.99. The summed E-state index contributed by atoms with van der Waals surface area (Å²) in [5.41, 5.74) is 2.34. The Morgan fingerprint density at radius 2 is 1.93 bits per heavy atom. The third-order valence-corrected chi connectivity index (χ3v) is 7.52. The highest BCUT2D eigenvalue weighted by Crippen LogP contribution is 2.24. The van der Waals surface area contributed by atoms with E-state index in [-0.39, 0.29) is 6.04 Å². The molecule has 0 amide bonds. The third-order valence-electron chi connectivity index (χ3n) is 6.25. The van der Waals surface area contributed by atoms with Crippen LogP contribution in [-0.4, -0.2) is 97.1 Å². The predicted octanol–water partition coefficient (Wildman–Crippen LogP) is 1.07. The van der Waals surface area contributed by atoms with E-state index in [1.165, 1.54) is 11.8 Å². The van der Waals surface area contributed by atoms with Crippen molar-refractivity contribution in [3.05, 3.63) is 17.5 Å². The van der Waals surface area contributed by atoms with Gasteiger partial charge in [-0.05, 0) is 39.7 Å². The highest BCUT2D eigenvalue weighted by molar-refractivity contribution is 7.88. The molecule has 0 bridgehead atoms. The van der Waals surface area contributed by atoms with E-state index in [0.29, 0.717) is 19.1 Å². The van der Waals surface area contributed by atoms with Crippen LogP contribution in [0, 0.1) is 6.92 Å². The fraction of sp³-hybridized carbons (Fsp3) is 0.850. The van der Waals surface area contributed by atoms with Crippen LogP contribution >= 0.6 is 0 Å². The Balaban J connectivity index is 1.64. The van der Waals surface area contributed by atoms with Crippen molar-refractivity contribution in [2.24, 2.45) is 7.05 Å². The van der Waals surface area contributed by atoms with Gasteiger partial charge in [0.2, 0.25) is 10.0 Å². The lowest BCUT2D eigenvalue weighted by Crippen LogP contribution is -2.55. The van der Waals surface area contributed by atoms with Gasteiger partial charge in [-0.3, -0.25) is 9.58 Å². The van der Waals surface area contributed by atoms with Crippen LogP contribution in [0.2, 0.25) is 0 Å². The van der Waals surface area contributed by atoms with Gasteiger partial charge < -0.3 is 9.64 Å². The fourth-order valence-electron chi connectivity index (χ4n) is 4.63. The summed E-state index contributed by atoms with van der Waals surface area (Å²) in [5, 5.41) is 4.44. The normalized spacial score (nSPS) is 22.6. The van der Waals surface area contributed by atoms with Gasteiger partial charge in [-0.1, -0.05) is 0 Å². The Morgan fingerprint density at radius 3 is 2.55 bits per heavy atom. The maximum Gasteiger partial charge on any atom is 0.211 e. The molecule has 3 rings (SSSR count). The van der Waals surface area contributed by atoms with Crippen LogP contribution in [0.5, 0.6) is 0 Å². The van der Waals surface area contributed by atoms with Gasteiger partial charge in [0.25, 0.3) is 0 Å². The third kappa shape index (κ3) is 6.24. The van der Waals surface area contributed by atoms with E-state index in [2.05, 4.69) is 35.1 Å². The molecule has 29 heavy (non-hydrogen) atoms. The maximum atomic E-state index is 12.1. The van der Waals surface area contributed by atoms with Gasteiger partial charge in [-0.25, -0.2) is 12.7 Å². The van der Waals surface area contributed by atoms with Crippen molar-refractivity contribution in [2.45, 2.75) is 51.2 Å². The van der Waals surface area contributed by atoms with Crippen molar-refractivity contribution < 1.29 is 13.2 Å². The Hall–Kier alpha value is -1.00. The largest absolute Gasteiger partial charge is 0.381 e. The first-order valence-corrected chi connectivity index (χ1v) is 12.5. The van der Waals surface area contributed by atoms with Crippen LogP contribution < -0.4 is 0 Å². The number of aryl methyl sites for hydroxylation is 2. The molecule has 1 unspecified atom stereocenters. The highest BCUT2D eigenvalue weighted by Gasteiger charge is 2.33. The van der Waals surface area contributed by atoms with Gasteiger partial charge in [0, 0.05) is 76.8 Å². The first kappa shape index (κ1) is 22.7. The number of hydrogen-bond acceptors (Lipinski definition) is 6. The lowest BCUT2D eigenvalue weighted by molar-refractivity contribution is 0.00274. The van der Waals surface area contributed by atoms with Crippen molar-refractivity contribution in [2.75, 3.05) is 52.7 Å². The number of aromatic nitrogens is 2. The zero-order chi connectivity index (χ0) is 21.0. The van der Waals surface area contributed by atoms with Crippen molar-refractivity contribution >= 4 is 10.0 Å². The zero-order valence-electron chi connectivity index (χ0n) is 18.4. The van der Waals surface area contributed by atoms with Crippen LogP contribution in [0.25, 0.3) is 0 Å². The molecule has 166 valence electrons. The van der Waals surface area contributed by atoms with Crippen molar-refractivity contribution in [1.29, 1.82) is 0 Å². The maximum absolute atomic E-state index is 12.1. The molecule has 1 aromatic rings. The Kier molecular flexibility index (Phi) is 7.72. The topological polar surface area (TPSA) is 70.9 Å². The molecule has 0 spiro atoms. The molecule has 2 fully saturated rings. The summed E-state index contributed by atoms with van der Waals surface area (Å²) in [6.07, 6.45) is 7.48. The minimum atomic E-state index is -3.14. The number of piperidine rings is 1. The molecule has 2 aliphatic heterocycles. The summed E-state index contributed by atoms with van der Waals surface area (Å²) in [7, 11) is 0.974. The molecule has 8 nitrogen and oxygen atoms in total. The second-order valence-electron chi connectivity index (χ2n) is 8.65. The van der Waals surface area contributed by atoms with Crippen LogP contribution in [0.3, 0.4) is 0 Å². The first-order chi connectivity index (χ1) is 13.7. The van der Waals surface area contributed by atoms with Gasteiger partial charge in [0.05, 0.1) is 11.9 Å². The van der Waals surface area contributed by atoms with Crippen LogP contribution in [-0.2, 0) is 28.4 Å². The Bertz CT molecular complexity index is 760. The molecule has 2 saturated heterocycles. The predicted molar refractivity (Wildman–Crippen MR) is 114 cm³/mol. The smallest absolute Gasteiger partial charge is 0.211 e. The van der Waals surface area contributed by atoms with Crippen molar-refractivity contribution in [1.82, 2.24) is 23.9 Å². The van der Waals surface area contributed by atoms with E-state index in [1.807, 2.05) is 11.7 Å². The van der Waals surface area contributed by atoms with Gasteiger partial charge in [-0.2, -0.15) is 5.10 Å². The average molecular weight is 428 g/mol. The SMILES string of the molecule is Cc1nn(C)cc1CN(C)CCN(C1CCOCC1)C1CCCN(S(C)(=O)=O)C1. The Morgan fingerprint density at radius 1 is 1.21 bits per heavy atom. The minimum absolute atomic E-state index is 0.287. The quantitative estimate of drug-likeness (QED) is 0.618. The number of ether oxygens (including phenoxy) is 1. The summed E-state index contributed by atoms with van der Waals surface area (Å²) >= 11 is 0. The molecule has 0 N–H and O–H groups in total. The second-order valence-corrected chi connectivity index (χ2v) is 10.6. The summed E-state index contributed by atoms with van der Waals surface area (Å²) in [6.45, 7) is 7.69.